The van der Waals surface area contributed by atoms with Gasteiger partial charge in [0.1, 0.15) is 5.69 Å². The van der Waals surface area contributed by atoms with E-state index in [9.17, 15) is 9.90 Å². The average Bonchev–Trinajstić information content (AvgIpc) is 2.93. The Labute approximate surface area is 111 Å². The highest BCUT2D eigenvalue weighted by Crippen LogP contribution is 2.27. The van der Waals surface area contributed by atoms with Crippen LogP contribution in [0, 0.1) is 6.92 Å². The molecule has 2 heterocycles. The highest BCUT2D eigenvalue weighted by Gasteiger charge is 2.32. The van der Waals surface area contributed by atoms with Crippen LogP contribution in [0.3, 0.4) is 0 Å². The lowest BCUT2D eigenvalue weighted by atomic mass is 10.0. The number of amides is 1. The summed E-state index contributed by atoms with van der Waals surface area (Å²) >= 11 is 1.72. The number of rotatable bonds is 4. The molecular weight excluding hydrogens is 250 g/mol. The van der Waals surface area contributed by atoms with Crippen molar-refractivity contribution in [3.05, 3.63) is 17.5 Å². The van der Waals surface area contributed by atoms with E-state index in [2.05, 4.69) is 10.4 Å². The monoisotopic (exact) mass is 269 g/mol. The van der Waals surface area contributed by atoms with E-state index in [-0.39, 0.29) is 5.91 Å². The Morgan fingerprint density at radius 3 is 3.11 bits per heavy atom. The lowest BCUT2D eigenvalue weighted by molar-refractivity contribution is 0.0608. The summed E-state index contributed by atoms with van der Waals surface area (Å²) in [7, 11) is 0. The smallest absolute Gasteiger partial charge is 0.269 e. The number of nitrogens with zero attached hydrogens (tertiary/aromatic N) is 2. The molecule has 5 nitrogen and oxygen atoms in total. The molecule has 1 fully saturated rings. The van der Waals surface area contributed by atoms with Crippen molar-refractivity contribution in [1.29, 1.82) is 0 Å². The van der Waals surface area contributed by atoms with E-state index in [4.69, 9.17) is 0 Å². The van der Waals surface area contributed by atoms with E-state index >= 15 is 0 Å². The molecule has 0 radical (unpaired) electrons. The number of hydrogen-bond acceptors (Lipinski definition) is 4. The third-order valence-electron chi connectivity index (χ3n) is 3.09. The molecule has 1 aromatic rings. The number of hydrogen-bond donors (Lipinski definition) is 2. The van der Waals surface area contributed by atoms with Crippen molar-refractivity contribution in [1.82, 2.24) is 15.1 Å². The summed E-state index contributed by atoms with van der Waals surface area (Å²) in [5.41, 5.74) is 0.647. The number of thioether (sulfide) groups is 1. The summed E-state index contributed by atoms with van der Waals surface area (Å²) in [6.45, 7) is 4.79. The SMILES string of the molecule is CCn1nc(C)cc1C(=O)NCC1(O)CCSC1. The van der Waals surface area contributed by atoms with Crippen molar-refractivity contribution < 1.29 is 9.90 Å². The molecular formula is C12H19N3O2S. The van der Waals surface area contributed by atoms with E-state index in [1.165, 1.54) is 0 Å². The second-order valence-electron chi connectivity index (χ2n) is 4.70. The van der Waals surface area contributed by atoms with E-state index in [0.29, 0.717) is 24.5 Å². The normalized spacial score (nSPS) is 23.3. The van der Waals surface area contributed by atoms with Crippen LogP contribution in [0.15, 0.2) is 6.07 Å². The second-order valence-corrected chi connectivity index (χ2v) is 5.80. The van der Waals surface area contributed by atoms with Crippen LogP contribution >= 0.6 is 11.8 Å². The summed E-state index contributed by atoms with van der Waals surface area (Å²) in [5.74, 6) is 1.49. The Morgan fingerprint density at radius 1 is 1.72 bits per heavy atom. The second kappa shape index (κ2) is 5.32. The van der Waals surface area contributed by atoms with Gasteiger partial charge in [-0.1, -0.05) is 0 Å². The Kier molecular flexibility index (Phi) is 3.97. The summed E-state index contributed by atoms with van der Waals surface area (Å²) in [5, 5.41) is 17.2. The maximum Gasteiger partial charge on any atom is 0.269 e. The lowest BCUT2D eigenvalue weighted by Gasteiger charge is -2.21. The number of aryl methyl sites for hydroxylation is 2. The maximum absolute atomic E-state index is 12.0. The predicted molar refractivity (Wildman–Crippen MR) is 71.9 cm³/mol. The summed E-state index contributed by atoms with van der Waals surface area (Å²) in [6.07, 6.45) is 0.740. The van der Waals surface area contributed by atoms with E-state index < -0.39 is 5.60 Å². The van der Waals surface area contributed by atoms with Gasteiger partial charge in [0.05, 0.1) is 11.3 Å². The molecule has 1 aliphatic heterocycles. The number of nitrogens with one attached hydrogen (secondary N) is 1. The third kappa shape index (κ3) is 2.87. The highest BCUT2D eigenvalue weighted by atomic mass is 32.2. The van der Waals surface area contributed by atoms with Crippen molar-refractivity contribution >= 4 is 17.7 Å². The molecule has 0 aromatic carbocycles. The fourth-order valence-corrected chi connectivity index (χ4v) is 3.34. The van der Waals surface area contributed by atoms with Crippen molar-refractivity contribution in [2.24, 2.45) is 0 Å². The van der Waals surface area contributed by atoms with Gasteiger partial charge in [-0.15, -0.1) is 0 Å². The minimum atomic E-state index is -0.744. The first kappa shape index (κ1) is 13.4. The molecule has 1 amide bonds. The summed E-state index contributed by atoms with van der Waals surface area (Å²) in [4.78, 5) is 12.0. The predicted octanol–water partition coefficient (Wildman–Crippen LogP) is 0.809. The molecule has 0 spiro atoms. The molecule has 1 atom stereocenters. The first-order valence-electron chi connectivity index (χ1n) is 6.17. The minimum absolute atomic E-state index is 0.164. The van der Waals surface area contributed by atoms with Crippen LogP contribution in [0.25, 0.3) is 0 Å². The largest absolute Gasteiger partial charge is 0.387 e. The zero-order valence-corrected chi connectivity index (χ0v) is 11.6. The number of carbonyl (C=O) groups is 1. The zero-order chi connectivity index (χ0) is 13.2. The van der Waals surface area contributed by atoms with Gasteiger partial charge in [0.2, 0.25) is 0 Å². The van der Waals surface area contributed by atoms with Crippen molar-refractivity contribution in [3.8, 4) is 0 Å². The lowest BCUT2D eigenvalue weighted by Crippen LogP contribution is -2.43. The Hall–Kier alpha value is -1.01. The molecule has 0 bridgehead atoms. The summed E-state index contributed by atoms with van der Waals surface area (Å²) < 4.78 is 1.68. The van der Waals surface area contributed by atoms with E-state index in [0.717, 1.165) is 17.9 Å². The van der Waals surface area contributed by atoms with Gasteiger partial charge in [-0.05, 0) is 32.1 Å². The van der Waals surface area contributed by atoms with Gasteiger partial charge in [0.25, 0.3) is 5.91 Å². The van der Waals surface area contributed by atoms with Gasteiger partial charge in [-0.25, -0.2) is 0 Å². The molecule has 2 rings (SSSR count). The third-order valence-corrected chi connectivity index (χ3v) is 4.33. The Morgan fingerprint density at radius 2 is 2.50 bits per heavy atom. The Bertz CT molecular complexity index is 439. The van der Waals surface area contributed by atoms with Crippen LogP contribution in [0.1, 0.15) is 29.5 Å². The van der Waals surface area contributed by atoms with Crippen LogP contribution < -0.4 is 5.32 Å². The van der Waals surface area contributed by atoms with E-state index in [1.54, 1.807) is 22.5 Å². The van der Waals surface area contributed by atoms with Gasteiger partial charge in [0.15, 0.2) is 0 Å². The Balaban J connectivity index is 1.99. The summed E-state index contributed by atoms with van der Waals surface area (Å²) in [6, 6.07) is 1.77. The van der Waals surface area contributed by atoms with Gasteiger partial charge in [-0.2, -0.15) is 16.9 Å². The molecule has 100 valence electrons. The van der Waals surface area contributed by atoms with Crippen LogP contribution in [0.4, 0.5) is 0 Å². The molecule has 2 N–H and O–H groups in total. The number of aliphatic hydroxyl groups is 1. The first-order chi connectivity index (χ1) is 8.54. The number of carbonyl (C=O) groups excluding carboxylic acids is 1. The fraction of sp³-hybridized carbons (Fsp3) is 0.667. The van der Waals surface area contributed by atoms with Gasteiger partial charge >= 0.3 is 0 Å². The quantitative estimate of drug-likeness (QED) is 0.849. The molecule has 6 heteroatoms. The fourth-order valence-electron chi connectivity index (χ4n) is 2.04. The van der Waals surface area contributed by atoms with E-state index in [1.807, 2.05) is 13.8 Å². The van der Waals surface area contributed by atoms with Crippen molar-refractivity contribution in [2.75, 3.05) is 18.1 Å². The molecule has 1 unspecified atom stereocenters. The van der Waals surface area contributed by atoms with Crippen LogP contribution in [-0.2, 0) is 6.54 Å². The maximum atomic E-state index is 12.0. The van der Waals surface area contributed by atoms with Crippen LogP contribution in [0.2, 0.25) is 0 Å². The van der Waals surface area contributed by atoms with Crippen LogP contribution in [0.5, 0.6) is 0 Å². The molecule has 1 aliphatic rings. The standard InChI is InChI=1S/C12H19N3O2S/c1-3-15-10(6-9(2)14-15)11(16)13-7-12(17)4-5-18-8-12/h6,17H,3-5,7-8H2,1-2H3,(H,13,16). The zero-order valence-electron chi connectivity index (χ0n) is 10.8. The molecule has 1 saturated heterocycles. The van der Waals surface area contributed by atoms with Gasteiger partial charge in [-0.3, -0.25) is 9.48 Å². The topological polar surface area (TPSA) is 67.2 Å². The van der Waals surface area contributed by atoms with Crippen molar-refractivity contribution in [2.45, 2.75) is 32.4 Å². The van der Waals surface area contributed by atoms with Crippen LogP contribution in [-0.4, -0.2) is 44.4 Å². The molecule has 18 heavy (non-hydrogen) atoms. The molecule has 1 aromatic heterocycles. The highest BCUT2D eigenvalue weighted by molar-refractivity contribution is 7.99. The first-order valence-corrected chi connectivity index (χ1v) is 7.32. The average molecular weight is 269 g/mol. The minimum Gasteiger partial charge on any atom is -0.387 e. The molecule has 0 saturated carbocycles. The van der Waals surface area contributed by atoms with Gasteiger partial charge in [0, 0.05) is 18.8 Å². The molecule has 0 aliphatic carbocycles. The number of aromatic nitrogens is 2. The van der Waals surface area contributed by atoms with Gasteiger partial charge < -0.3 is 10.4 Å². The van der Waals surface area contributed by atoms with Crippen molar-refractivity contribution in [3.63, 3.8) is 0 Å².